The molecule has 0 saturated heterocycles. The fourth-order valence-electron chi connectivity index (χ4n) is 3.74. The van der Waals surface area contributed by atoms with Gasteiger partial charge in [-0.15, -0.1) is 0 Å². The second kappa shape index (κ2) is 13.7. The van der Waals surface area contributed by atoms with Crippen molar-refractivity contribution in [3.63, 3.8) is 0 Å². The summed E-state index contributed by atoms with van der Waals surface area (Å²) in [4.78, 5) is 0. The number of aromatic hydroxyl groups is 1. The van der Waals surface area contributed by atoms with Crippen molar-refractivity contribution in [3.8, 4) is 28.7 Å². The fraction of sp³-hybridized carbons (Fsp3) is 0.161. The van der Waals surface area contributed by atoms with Gasteiger partial charge < -0.3 is 23.8 Å². The fourth-order valence-corrected chi connectivity index (χ4v) is 4.91. The SMILES string of the molecule is COc1ccc(/C=C/c2cc(OC)c(O)c(OC)c2)cc1OP(=O)(OCc1ccccc1)OCc1ccccc1. The predicted molar refractivity (Wildman–Crippen MR) is 154 cm³/mol. The standard InChI is InChI=1S/C31H31O8P/c1-34-27-17-16-23(14-15-26-19-29(35-2)31(32)30(20-26)36-3)18-28(27)39-40(33,37-21-24-10-6-4-7-11-24)38-22-25-12-8-5-9-13-25/h4-20,32H,21-22H2,1-3H3/b15-14+. The Balaban J connectivity index is 1.60. The van der Waals surface area contributed by atoms with Crippen LogP contribution in [0.4, 0.5) is 0 Å². The topological polar surface area (TPSA) is 92.7 Å². The van der Waals surface area contributed by atoms with Crippen molar-refractivity contribution < 1.29 is 37.5 Å². The minimum Gasteiger partial charge on any atom is -0.502 e. The highest BCUT2D eigenvalue weighted by molar-refractivity contribution is 7.48. The number of hydrogen-bond acceptors (Lipinski definition) is 8. The average Bonchev–Trinajstić information content (AvgIpc) is 2.99. The molecule has 0 spiro atoms. The third kappa shape index (κ3) is 7.67. The van der Waals surface area contributed by atoms with Crippen LogP contribution in [0.3, 0.4) is 0 Å². The first kappa shape index (κ1) is 28.8. The molecule has 0 heterocycles. The van der Waals surface area contributed by atoms with Gasteiger partial charge in [0.15, 0.2) is 23.0 Å². The molecule has 0 radical (unpaired) electrons. The van der Waals surface area contributed by atoms with Crippen molar-refractivity contribution in [2.75, 3.05) is 21.3 Å². The molecule has 4 aromatic rings. The number of phenols is 1. The molecule has 0 aromatic heterocycles. The summed E-state index contributed by atoms with van der Waals surface area (Å²) < 4.78 is 47.3. The molecule has 0 aliphatic rings. The molecular formula is C31H31O8P. The van der Waals surface area contributed by atoms with Crippen LogP contribution >= 0.6 is 7.82 Å². The van der Waals surface area contributed by atoms with E-state index in [-0.39, 0.29) is 36.2 Å². The Bertz CT molecular complexity index is 1400. The van der Waals surface area contributed by atoms with E-state index in [0.29, 0.717) is 5.75 Å². The van der Waals surface area contributed by atoms with Crippen LogP contribution in [0.2, 0.25) is 0 Å². The number of phosphoric acid groups is 1. The Hall–Kier alpha value is -4.23. The summed E-state index contributed by atoms with van der Waals surface area (Å²) in [6, 6.07) is 27.2. The van der Waals surface area contributed by atoms with Gasteiger partial charge in [-0.05, 0) is 46.5 Å². The highest BCUT2D eigenvalue weighted by Gasteiger charge is 2.30. The van der Waals surface area contributed by atoms with Gasteiger partial charge in [0.25, 0.3) is 0 Å². The van der Waals surface area contributed by atoms with E-state index in [4.69, 9.17) is 27.8 Å². The van der Waals surface area contributed by atoms with Gasteiger partial charge in [0.05, 0.1) is 34.5 Å². The van der Waals surface area contributed by atoms with Crippen LogP contribution in [0.15, 0.2) is 91.0 Å². The number of ether oxygens (including phenoxy) is 3. The lowest BCUT2D eigenvalue weighted by Gasteiger charge is -2.20. The van der Waals surface area contributed by atoms with Gasteiger partial charge in [0, 0.05) is 0 Å². The first-order valence-corrected chi connectivity index (χ1v) is 13.9. The molecule has 0 atom stereocenters. The van der Waals surface area contributed by atoms with E-state index in [1.807, 2.05) is 78.9 Å². The van der Waals surface area contributed by atoms with Crippen molar-refractivity contribution in [3.05, 3.63) is 113 Å². The molecule has 1 N–H and O–H groups in total. The molecule has 208 valence electrons. The number of rotatable bonds is 13. The lowest BCUT2D eigenvalue weighted by atomic mass is 10.1. The second-order valence-corrected chi connectivity index (χ2v) is 10.2. The van der Waals surface area contributed by atoms with Crippen LogP contribution in [-0.2, 0) is 26.8 Å². The number of hydrogen-bond donors (Lipinski definition) is 1. The van der Waals surface area contributed by atoms with E-state index < -0.39 is 7.82 Å². The molecular weight excluding hydrogens is 531 g/mol. The maximum absolute atomic E-state index is 13.9. The van der Waals surface area contributed by atoms with Gasteiger partial charge in [0.1, 0.15) is 0 Å². The van der Waals surface area contributed by atoms with Crippen molar-refractivity contribution in [1.82, 2.24) is 0 Å². The van der Waals surface area contributed by atoms with E-state index in [9.17, 15) is 9.67 Å². The van der Waals surface area contributed by atoms with Crippen LogP contribution in [0.1, 0.15) is 22.3 Å². The summed E-state index contributed by atoms with van der Waals surface area (Å²) >= 11 is 0. The van der Waals surface area contributed by atoms with Crippen molar-refractivity contribution >= 4 is 20.0 Å². The Labute approximate surface area is 233 Å². The molecule has 4 aromatic carbocycles. The van der Waals surface area contributed by atoms with E-state index in [0.717, 1.165) is 22.3 Å². The monoisotopic (exact) mass is 562 g/mol. The zero-order valence-electron chi connectivity index (χ0n) is 22.5. The van der Waals surface area contributed by atoms with Crippen LogP contribution < -0.4 is 18.7 Å². The van der Waals surface area contributed by atoms with E-state index in [1.54, 1.807) is 24.3 Å². The molecule has 0 aliphatic carbocycles. The molecule has 0 fully saturated rings. The average molecular weight is 563 g/mol. The third-order valence-corrected chi connectivity index (χ3v) is 7.14. The van der Waals surface area contributed by atoms with E-state index in [1.165, 1.54) is 21.3 Å². The molecule has 0 unspecified atom stereocenters. The quantitative estimate of drug-likeness (QED) is 0.132. The largest absolute Gasteiger partial charge is 0.530 e. The lowest BCUT2D eigenvalue weighted by molar-refractivity contribution is 0.142. The number of benzene rings is 4. The van der Waals surface area contributed by atoms with Gasteiger partial charge >= 0.3 is 7.82 Å². The number of phosphoric ester groups is 1. The van der Waals surface area contributed by atoms with Crippen molar-refractivity contribution in [2.24, 2.45) is 0 Å². The predicted octanol–water partition coefficient (Wildman–Crippen LogP) is 7.51. The van der Waals surface area contributed by atoms with Crippen LogP contribution in [0.5, 0.6) is 28.7 Å². The summed E-state index contributed by atoms with van der Waals surface area (Å²) in [5, 5.41) is 10.2. The molecule has 0 bridgehead atoms. The Morgan fingerprint density at radius 1 is 0.625 bits per heavy atom. The van der Waals surface area contributed by atoms with Crippen molar-refractivity contribution in [2.45, 2.75) is 13.2 Å². The third-order valence-electron chi connectivity index (χ3n) is 5.83. The van der Waals surface area contributed by atoms with Crippen LogP contribution in [-0.4, -0.2) is 26.4 Å². The maximum atomic E-state index is 13.9. The number of phenolic OH excluding ortho intramolecular Hbond substituents is 1. The highest BCUT2D eigenvalue weighted by atomic mass is 31.2. The molecule has 40 heavy (non-hydrogen) atoms. The molecule has 8 nitrogen and oxygen atoms in total. The van der Waals surface area contributed by atoms with Gasteiger partial charge in [-0.3, -0.25) is 9.05 Å². The Morgan fingerprint density at radius 2 is 1.10 bits per heavy atom. The Kier molecular flexibility index (Phi) is 9.86. The normalized spacial score (nSPS) is 11.4. The summed E-state index contributed by atoms with van der Waals surface area (Å²) in [5.74, 6) is 1.03. The molecule has 0 saturated carbocycles. The smallest absolute Gasteiger partial charge is 0.502 e. The van der Waals surface area contributed by atoms with E-state index in [2.05, 4.69) is 0 Å². The van der Waals surface area contributed by atoms with Gasteiger partial charge in [-0.25, -0.2) is 4.57 Å². The first-order valence-electron chi connectivity index (χ1n) is 12.4. The van der Waals surface area contributed by atoms with Crippen LogP contribution in [0, 0.1) is 0 Å². The van der Waals surface area contributed by atoms with Crippen LogP contribution in [0.25, 0.3) is 12.2 Å². The zero-order chi connectivity index (χ0) is 28.4. The minimum absolute atomic E-state index is 0.0271. The molecule has 9 heteroatoms. The van der Waals surface area contributed by atoms with Gasteiger partial charge in [-0.1, -0.05) is 78.9 Å². The maximum Gasteiger partial charge on any atom is 0.530 e. The second-order valence-electron chi connectivity index (χ2n) is 8.57. The molecule has 4 rings (SSSR count). The zero-order valence-corrected chi connectivity index (χ0v) is 23.4. The molecule has 0 amide bonds. The number of methoxy groups -OCH3 is 3. The highest BCUT2D eigenvalue weighted by Crippen LogP contribution is 2.53. The minimum atomic E-state index is -4.10. The summed E-state index contributed by atoms with van der Waals surface area (Å²) in [6.45, 7) is 0.0542. The lowest BCUT2D eigenvalue weighted by Crippen LogP contribution is -2.04. The summed E-state index contributed by atoms with van der Waals surface area (Å²) in [5.41, 5.74) is 3.09. The summed E-state index contributed by atoms with van der Waals surface area (Å²) in [6.07, 6.45) is 3.63. The van der Waals surface area contributed by atoms with Crippen molar-refractivity contribution in [1.29, 1.82) is 0 Å². The molecule has 0 aliphatic heterocycles. The van der Waals surface area contributed by atoms with Gasteiger partial charge in [-0.2, -0.15) is 0 Å². The van der Waals surface area contributed by atoms with Gasteiger partial charge in [0.2, 0.25) is 5.75 Å². The first-order chi connectivity index (χ1) is 19.4. The summed E-state index contributed by atoms with van der Waals surface area (Å²) in [7, 11) is 0.323. The van der Waals surface area contributed by atoms with E-state index >= 15 is 0 Å². The Morgan fingerprint density at radius 3 is 1.60 bits per heavy atom.